The van der Waals surface area contributed by atoms with Gasteiger partial charge in [-0.2, -0.15) is 5.10 Å². The third-order valence-corrected chi connectivity index (χ3v) is 4.05. The normalized spacial score (nSPS) is 30.6. The van der Waals surface area contributed by atoms with E-state index in [2.05, 4.69) is 10.4 Å². The molecule has 1 fully saturated rings. The first-order valence-corrected chi connectivity index (χ1v) is 6.58. The zero-order chi connectivity index (χ0) is 14.3. The van der Waals surface area contributed by atoms with Crippen LogP contribution in [0.3, 0.4) is 0 Å². The Morgan fingerprint density at radius 2 is 2.00 bits per heavy atom. The number of rotatable bonds is 2. The van der Waals surface area contributed by atoms with Crippen molar-refractivity contribution in [3.63, 3.8) is 0 Å². The molecule has 6 nitrogen and oxygen atoms in total. The minimum Gasteiger partial charge on any atom is -0.394 e. The van der Waals surface area contributed by atoms with E-state index >= 15 is 0 Å². The summed E-state index contributed by atoms with van der Waals surface area (Å²) in [5, 5.41) is 7.07. The van der Waals surface area contributed by atoms with Gasteiger partial charge in [0.15, 0.2) is 5.82 Å². The summed E-state index contributed by atoms with van der Waals surface area (Å²) in [5.74, 6) is 0.524. The highest BCUT2D eigenvalue weighted by atomic mass is 16.5. The van der Waals surface area contributed by atoms with Crippen LogP contribution >= 0.6 is 0 Å². The fourth-order valence-electron chi connectivity index (χ4n) is 2.74. The third-order valence-electron chi connectivity index (χ3n) is 4.05. The molecule has 6 heteroatoms. The second-order valence-electron chi connectivity index (χ2n) is 5.39. The number of aryl methyl sites for hydroxylation is 2. The van der Waals surface area contributed by atoms with E-state index in [0.717, 1.165) is 5.69 Å². The number of ether oxygens (including phenoxy) is 1. The van der Waals surface area contributed by atoms with Crippen LogP contribution in [0, 0.1) is 18.8 Å². The number of nitrogens with zero attached hydrogens (tertiary/aromatic N) is 2. The molecule has 4 unspecified atom stereocenters. The van der Waals surface area contributed by atoms with Crippen LogP contribution in [0.2, 0.25) is 0 Å². The smallest absolute Gasteiger partial charge is 0.231 e. The van der Waals surface area contributed by atoms with Crippen LogP contribution < -0.4 is 11.1 Å². The lowest BCUT2D eigenvalue weighted by atomic mass is 9.89. The quantitative estimate of drug-likeness (QED) is 0.845. The van der Waals surface area contributed by atoms with Gasteiger partial charge in [-0.05, 0) is 26.7 Å². The van der Waals surface area contributed by atoms with Gasteiger partial charge in [-0.25, -0.2) is 0 Å². The predicted octanol–water partition coefficient (Wildman–Crippen LogP) is 1.31. The van der Waals surface area contributed by atoms with E-state index in [1.807, 2.05) is 27.7 Å². The van der Waals surface area contributed by atoms with Crippen molar-refractivity contribution in [3.05, 3.63) is 5.69 Å². The summed E-state index contributed by atoms with van der Waals surface area (Å²) in [6.07, 6.45) is 0.0110. The Labute approximate surface area is 113 Å². The topological polar surface area (TPSA) is 82.2 Å². The Morgan fingerprint density at radius 1 is 1.37 bits per heavy atom. The van der Waals surface area contributed by atoms with Gasteiger partial charge in [0, 0.05) is 7.05 Å². The lowest BCUT2D eigenvalue weighted by molar-refractivity contribution is -0.122. The van der Waals surface area contributed by atoms with Crippen LogP contribution in [0.5, 0.6) is 0 Å². The molecule has 3 N–H and O–H groups in total. The minimum absolute atomic E-state index is 0.0564. The molecule has 0 bridgehead atoms. The molecule has 106 valence electrons. The van der Waals surface area contributed by atoms with E-state index in [0.29, 0.717) is 11.5 Å². The van der Waals surface area contributed by atoms with Crippen LogP contribution in [0.25, 0.3) is 0 Å². The zero-order valence-electron chi connectivity index (χ0n) is 12.1. The number of nitrogen functional groups attached to an aromatic ring is 1. The molecular formula is C13H22N4O2. The van der Waals surface area contributed by atoms with Gasteiger partial charge in [0.1, 0.15) is 0 Å². The number of carbonyl (C=O) groups excluding carboxylic acids is 1. The molecule has 1 saturated heterocycles. The van der Waals surface area contributed by atoms with E-state index in [9.17, 15) is 4.79 Å². The lowest BCUT2D eigenvalue weighted by Crippen LogP contribution is -2.32. The maximum atomic E-state index is 12.4. The number of anilines is 2. The fourth-order valence-corrected chi connectivity index (χ4v) is 2.74. The first-order valence-electron chi connectivity index (χ1n) is 6.58. The Bertz CT molecular complexity index is 497. The molecule has 2 rings (SSSR count). The molecule has 0 radical (unpaired) electrons. The standard InChI is InChI=1S/C13H22N4O2/c1-6-8(3)19-9(4)10(6)13(18)15-12-11(14)7(2)16-17(12)5/h6,8-10H,14H2,1-5H3,(H,15,18). The molecule has 4 atom stereocenters. The fraction of sp³-hybridized carbons (Fsp3) is 0.692. The molecule has 1 aliphatic rings. The summed E-state index contributed by atoms with van der Waals surface area (Å²) >= 11 is 0. The van der Waals surface area contributed by atoms with Gasteiger partial charge in [-0.1, -0.05) is 6.92 Å². The number of hydrogen-bond acceptors (Lipinski definition) is 4. The first kappa shape index (κ1) is 13.9. The van der Waals surface area contributed by atoms with Gasteiger partial charge in [-0.15, -0.1) is 0 Å². The summed E-state index contributed by atoms with van der Waals surface area (Å²) < 4.78 is 7.29. The SMILES string of the molecule is Cc1nn(C)c(NC(=O)C2C(C)OC(C)C2C)c1N. The second-order valence-corrected chi connectivity index (χ2v) is 5.39. The van der Waals surface area contributed by atoms with E-state index in [-0.39, 0.29) is 30.0 Å². The number of aromatic nitrogens is 2. The highest BCUT2D eigenvalue weighted by molar-refractivity contribution is 5.95. The van der Waals surface area contributed by atoms with Crippen molar-refractivity contribution >= 4 is 17.4 Å². The molecule has 1 aromatic heterocycles. The summed E-state index contributed by atoms with van der Waals surface area (Å²) in [7, 11) is 1.76. The van der Waals surface area contributed by atoms with Crippen LogP contribution in [0.1, 0.15) is 26.5 Å². The number of nitrogens with one attached hydrogen (secondary N) is 1. The summed E-state index contributed by atoms with van der Waals surface area (Å²) in [4.78, 5) is 12.4. The van der Waals surface area contributed by atoms with Crippen LogP contribution in [0.15, 0.2) is 0 Å². The van der Waals surface area contributed by atoms with E-state index in [1.165, 1.54) is 0 Å². The van der Waals surface area contributed by atoms with E-state index in [1.54, 1.807) is 11.7 Å². The summed E-state index contributed by atoms with van der Waals surface area (Å²) in [6.45, 7) is 7.78. The van der Waals surface area contributed by atoms with Gasteiger partial charge >= 0.3 is 0 Å². The monoisotopic (exact) mass is 266 g/mol. The molecule has 0 aromatic carbocycles. The van der Waals surface area contributed by atoms with Crippen molar-refractivity contribution < 1.29 is 9.53 Å². The van der Waals surface area contributed by atoms with Crippen molar-refractivity contribution in [3.8, 4) is 0 Å². The lowest BCUT2D eigenvalue weighted by Gasteiger charge is -2.18. The molecule has 1 aromatic rings. The maximum absolute atomic E-state index is 12.4. The average Bonchev–Trinajstić information content (AvgIpc) is 2.70. The second kappa shape index (κ2) is 4.85. The van der Waals surface area contributed by atoms with Crippen molar-refractivity contribution in [1.29, 1.82) is 0 Å². The average molecular weight is 266 g/mol. The predicted molar refractivity (Wildman–Crippen MR) is 73.7 cm³/mol. The number of carbonyl (C=O) groups is 1. The van der Waals surface area contributed by atoms with E-state index < -0.39 is 0 Å². The first-order chi connectivity index (χ1) is 8.82. The van der Waals surface area contributed by atoms with Crippen LogP contribution in [-0.2, 0) is 16.6 Å². The van der Waals surface area contributed by atoms with Crippen molar-refractivity contribution in [2.24, 2.45) is 18.9 Å². The minimum atomic E-state index is -0.162. The van der Waals surface area contributed by atoms with Gasteiger partial charge < -0.3 is 15.8 Å². The highest BCUT2D eigenvalue weighted by Crippen LogP contribution is 2.33. The summed E-state index contributed by atoms with van der Waals surface area (Å²) in [6, 6.07) is 0. The highest BCUT2D eigenvalue weighted by Gasteiger charge is 2.41. The molecule has 0 saturated carbocycles. The third kappa shape index (κ3) is 2.32. The van der Waals surface area contributed by atoms with Gasteiger partial charge in [0.25, 0.3) is 0 Å². The Kier molecular flexibility index (Phi) is 3.54. The molecule has 0 spiro atoms. The van der Waals surface area contributed by atoms with Crippen molar-refractivity contribution in [2.45, 2.75) is 39.9 Å². The molecule has 1 aliphatic heterocycles. The molecule has 2 heterocycles. The molecule has 19 heavy (non-hydrogen) atoms. The number of hydrogen-bond donors (Lipinski definition) is 2. The van der Waals surface area contributed by atoms with Crippen LogP contribution in [-0.4, -0.2) is 27.9 Å². The maximum Gasteiger partial charge on any atom is 0.231 e. The Balaban J connectivity index is 2.17. The molecule has 0 aliphatic carbocycles. The molecular weight excluding hydrogens is 244 g/mol. The number of amides is 1. The van der Waals surface area contributed by atoms with Crippen molar-refractivity contribution in [2.75, 3.05) is 11.1 Å². The molecule has 1 amide bonds. The van der Waals surface area contributed by atoms with Crippen molar-refractivity contribution in [1.82, 2.24) is 9.78 Å². The largest absolute Gasteiger partial charge is 0.394 e. The number of nitrogens with two attached hydrogens (primary N) is 1. The van der Waals surface area contributed by atoms with Gasteiger partial charge in [-0.3, -0.25) is 9.48 Å². The Morgan fingerprint density at radius 3 is 2.42 bits per heavy atom. The Hall–Kier alpha value is -1.56. The zero-order valence-corrected chi connectivity index (χ0v) is 12.1. The van der Waals surface area contributed by atoms with Crippen LogP contribution in [0.4, 0.5) is 11.5 Å². The van der Waals surface area contributed by atoms with Gasteiger partial charge in [0.2, 0.25) is 5.91 Å². The summed E-state index contributed by atoms with van der Waals surface area (Å²) in [5.41, 5.74) is 7.15. The van der Waals surface area contributed by atoms with E-state index in [4.69, 9.17) is 10.5 Å². The van der Waals surface area contributed by atoms with Gasteiger partial charge in [0.05, 0.1) is 29.5 Å².